The first kappa shape index (κ1) is 124. The van der Waals surface area contributed by atoms with Gasteiger partial charge in [0.1, 0.15) is 53.0 Å². The van der Waals surface area contributed by atoms with Gasteiger partial charge in [-0.2, -0.15) is 31.1 Å². The van der Waals surface area contributed by atoms with Gasteiger partial charge in [0.15, 0.2) is 22.9 Å². The maximum Gasteiger partial charge on any atom is 0.281 e. The molecular weight excluding hydrogens is 1880 g/mol. The third kappa shape index (κ3) is 37.4. The van der Waals surface area contributed by atoms with E-state index in [1.165, 1.54) is 94.0 Å². The molecule has 0 spiro atoms. The third-order valence-corrected chi connectivity index (χ3v) is 29.9. The minimum Gasteiger partial charge on any atom is -0.493 e. The predicted molar refractivity (Wildman–Crippen MR) is 595 cm³/mol. The average molecular weight is 2040 g/mol. The molecule has 6 unspecified atom stereocenters. The van der Waals surface area contributed by atoms with Gasteiger partial charge in [-0.1, -0.05) is 237 Å². The summed E-state index contributed by atoms with van der Waals surface area (Å²) in [4.78, 5) is 88.3. The molecule has 2 heterocycles. The van der Waals surface area contributed by atoms with E-state index < -0.39 is 38.6 Å². The van der Waals surface area contributed by atoms with Crippen LogP contribution in [0.3, 0.4) is 0 Å². The van der Waals surface area contributed by atoms with Crippen molar-refractivity contribution in [3.05, 3.63) is 214 Å². The number of pyridine rings is 2. The molecule has 28 nitrogen and oxygen atoms in total. The number of nitrogens with one attached hydrogen (secondary N) is 2. The number of nitriles is 4. The van der Waals surface area contributed by atoms with Crippen molar-refractivity contribution in [2.45, 2.75) is 334 Å². The summed E-state index contributed by atoms with van der Waals surface area (Å²) in [5.41, 5.74) is 10.1. The molecule has 0 aliphatic heterocycles. The lowest BCUT2D eigenvalue weighted by Crippen LogP contribution is -2.39. The first-order valence-electron chi connectivity index (χ1n) is 54.4. The summed E-state index contributed by atoms with van der Waals surface area (Å²) in [7, 11) is -2.23. The lowest BCUT2D eigenvalue weighted by atomic mass is 9.80. The van der Waals surface area contributed by atoms with E-state index in [0.29, 0.717) is 101 Å². The van der Waals surface area contributed by atoms with Gasteiger partial charge < -0.3 is 29.6 Å². The second-order valence-corrected chi connectivity index (χ2v) is 40.8. The zero-order valence-electron chi connectivity index (χ0n) is 91.6. The number of hydrogen-bond donors (Lipinski definition) is 4. The molecule has 6 atom stereocenters. The number of sulfonamides is 1. The maximum absolute atomic E-state index is 13.8. The Morgan fingerprint density at radius 1 is 0.568 bits per heavy atom. The number of ether oxygens (including phenoxy) is 1. The first-order valence-corrected chi connectivity index (χ1v) is 55.9. The van der Waals surface area contributed by atoms with E-state index in [9.17, 15) is 63.2 Å². The number of aryl methyl sites for hydroxylation is 1. The van der Waals surface area contributed by atoms with Gasteiger partial charge in [0.05, 0.1) is 47.1 Å². The summed E-state index contributed by atoms with van der Waals surface area (Å²) in [5.74, 6) is 1.47. The number of hydrazone groups is 1. The smallest absolute Gasteiger partial charge is 0.281 e. The fourth-order valence-corrected chi connectivity index (χ4v) is 19.6. The second-order valence-electron chi connectivity index (χ2n) is 39.1. The number of carbonyl (C=O) groups is 4. The Balaban J connectivity index is 0.000000304. The predicted octanol–water partition coefficient (Wildman–Crippen LogP) is 28.1. The minimum absolute atomic E-state index is 0.0225. The summed E-state index contributed by atoms with van der Waals surface area (Å²) in [5, 5.41) is 79.4. The standard InChI is InChI=1S/2C34H51N5O3.C27H31N3O.C24H32N4O4S/c1-7-12-15-26(10-4)23-38(24-27(11-5)16-13-8-2)32(40)28-17-19-29(20-18-28)36-37-31-25(6)30(22-35)33(41)39(34(31)42)21-14-9-3;1-7-12-15-25(10-4)23-39(24-26(11-5)16-13-8-2)32(40)27-18-20-28(21-19-27)36-37-31-29(17-14-9-3)30(22-35)33(41)38(6)34(31)42;1-4-30(26-13-10-24(21(2)18-26)19-25(20-28)29-3)16-17-31-27-14-11-23(12-15-27)22-8-6-5-7-9-22;1-5-8-9-17(6-2)15-26-33(31,32)19-12-10-18(11-13-19)27-28-22-16(4)21(14-25)23(29)20(7-3)24(22)30/h17-20,26-27,41H,7-16,21,23-24H2,1-6H3;18-21,25-26,41H,7-17,23-24H2,1-6H3;10-15,18-19,22H,4-9,16-17H2,1-2H3;10-13,17,20,26-27H,5-9,15H2,1-4H3/b;;25-19-;. The van der Waals surface area contributed by atoms with Crippen molar-refractivity contribution in [3.63, 3.8) is 0 Å². The van der Waals surface area contributed by atoms with Gasteiger partial charge in [-0.15, -0.1) is 10.2 Å². The number of aromatic nitrogens is 2. The summed E-state index contributed by atoms with van der Waals surface area (Å²) in [6.45, 7) is 47.9. The highest BCUT2D eigenvalue weighted by molar-refractivity contribution is 7.89. The number of azo groups is 2. The molecule has 148 heavy (non-hydrogen) atoms. The van der Waals surface area contributed by atoms with Crippen LogP contribution in [0.4, 0.5) is 34.1 Å². The molecule has 0 radical (unpaired) electrons. The Kier molecular flexibility index (Phi) is 55.4. The number of unbranched alkanes of at least 4 members (excludes halogenated alkanes) is 7. The Hall–Kier alpha value is -13.0. The number of benzene rings is 5. The molecule has 0 saturated heterocycles. The van der Waals surface area contributed by atoms with Crippen LogP contribution in [-0.2, 0) is 39.6 Å². The molecule has 9 rings (SSSR count). The van der Waals surface area contributed by atoms with Gasteiger partial charge in [-0.05, 0) is 254 Å². The van der Waals surface area contributed by atoms with Crippen molar-refractivity contribution < 1.29 is 42.5 Å². The monoisotopic (exact) mass is 2040 g/mol. The number of Topliss-reactive ketones (excluding diaryl/α,β-unsaturated/α-hetero) is 2. The molecule has 798 valence electrons. The molecule has 5 aromatic carbocycles. The number of rotatable bonds is 55. The molecule has 1 saturated carbocycles. The molecule has 2 aliphatic carbocycles. The molecule has 1 fully saturated rings. The highest BCUT2D eigenvalue weighted by Gasteiger charge is 2.39. The van der Waals surface area contributed by atoms with Gasteiger partial charge in [-0.25, -0.2) is 23.2 Å². The van der Waals surface area contributed by atoms with Crippen molar-refractivity contribution in [1.29, 1.82) is 21.0 Å². The van der Waals surface area contributed by atoms with Gasteiger partial charge >= 0.3 is 0 Å². The van der Waals surface area contributed by atoms with Gasteiger partial charge in [-0.3, -0.25) is 43.3 Å². The van der Waals surface area contributed by atoms with Crippen LogP contribution in [0, 0.1) is 101 Å². The number of carbonyl (C=O) groups excluding carboxylic acids is 4. The van der Waals surface area contributed by atoms with E-state index >= 15 is 0 Å². The Bertz CT molecular complexity index is 5990. The van der Waals surface area contributed by atoms with Crippen LogP contribution >= 0.6 is 0 Å². The van der Waals surface area contributed by atoms with Crippen LogP contribution in [0.25, 0.3) is 10.9 Å². The number of allylic oxidation sites excluding steroid dienone is 3. The zero-order valence-corrected chi connectivity index (χ0v) is 92.4. The first-order chi connectivity index (χ1) is 71.3. The van der Waals surface area contributed by atoms with Crippen molar-refractivity contribution in [2.75, 3.05) is 62.7 Å². The second kappa shape index (κ2) is 66.3. The lowest BCUT2D eigenvalue weighted by molar-refractivity contribution is -0.127. The number of aromatic hydroxyl groups is 2. The van der Waals surface area contributed by atoms with E-state index in [1.54, 1.807) is 80.6 Å². The van der Waals surface area contributed by atoms with Crippen LogP contribution < -0.4 is 30.9 Å². The van der Waals surface area contributed by atoms with E-state index in [0.717, 1.165) is 194 Å². The van der Waals surface area contributed by atoms with Crippen LogP contribution in [-0.4, -0.2) is 119 Å². The third-order valence-electron chi connectivity index (χ3n) is 28.5. The SMILES string of the molecule is CCCCC(CC)CN(CC(CC)CCCC)C(=O)c1ccc(N=Nc2c(C)c(C#N)c(O)n(CCCC)c2=O)cc1.CCCCC(CC)CNS(=O)(=O)c1ccc(NN=C2C(=O)C(CC)C(=O)C(C#N)=C2C)cc1.CCCCc1c(C#N)c(O)n(C)c(=O)c1N=Nc1ccc(C(=O)N(CC(CC)CCCC)CC(CC)CCCC)cc1.[C-]#[N+]/C(C#N)=C\c1ccc(N(CC)CCOc2ccc(C3CCCCC3)cc2)cc1C. The quantitative estimate of drug-likeness (QED) is 0.00904. The van der Waals surface area contributed by atoms with Gasteiger partial charge in [0.25, 0.3) is 28.6 Å². The van der Waals surface area contributed by atoms with Gasteiger partial charge in [0, 0.05) is 86.4 Å². The van der Waals surface area contributed by atoms with Gasteiger partial charge in [0.2, 0.25) is 21.8 Å². The van der Waals surface area contributed by atoms with E-state index in [-0.39, 0.29) is 79.9 Å². The summed E-state index contributed by atoms with van der Waals surface area (Å²) < 4.78 is 36.2. The molecule has 4 N–H and O–H groups in total. The highest BCUT2D eigenvalue weighted by Crippen LogP contribution is 2.37. The molecule has 2 aromatic heterocycles. The Morgan fingerprint density at radius 2 is 1.05 bits per heavy atom. The number of anilines is 2. The number of amides is 2. The van der Waals surface area contributed by atoms with Crippen LogP contribution in [0.2, 0.25) is 0 Å². The largest absolute Gasteiger partial charge is 0.493 e. The summed E-state index contributed by atoms with van der Waals surface area (Å²) in [6.07, 6.45) is 34.3. The molecule has 7 aromatic rings. The van der Waals surface area contributed by atoms with Crippen LogP contribution in [0.5, 0.6) is 17.5 Å². The normalized spacial score (nSPS) is 14.5. The fraction of sp³-hybridized carbons (Fsp3) is 0.546. The van der Waals surface area contributed by atoms with Crippen molar-refractivity contribution in [1.82, 2.24) is 23.7 Å². The van der Waals surface area contributed by atoms with Crippen LogP contribution in [0.1, 0.15) is 362 Å². The van der Waals surface area contributed by atoms with Crippen LogP contribution in [0.15, 0.2) is 172 Å². The number of hydrogen-bond acceptors (Lipinski definition) is 22. The van der Waals surface area contributed by atoms with E-state index in [1.807, 2.05) is 57.2 Å². The summed E-state index contributed by atoms with van der Waals surface area (Å²) in [6, 6.07) is 42.6. The molecular formula is C119H165N17O11S. The number of ketones is 2. The topological polar surface area (TPSA) is 391 Å². The molecule has 0 bridgehead atoms. The minimum atomic E-state index is -3.64. The molecule has 29 heteroatoms. The fourth-order valence-electron chi connectivity index (χ4n) is 18.5. The van der Waals surface area contributed by atoms with Crippen molar-refractivity contribution in [2.24, 2.45) is 68.1 Å². The Morgan fingerprint density at radius 3 is 1.49 bits per heavy atom. The lowest BCUT2D eigenvalue weighted by Gasteiger charge is -2.31. The van der Waals surface area contributed by atoms with E-state index in [4.69, 9.17) is 16.6 Å². The molecule has 2 aliphatic rings. The van der Waals surface area contributed by atoms with Crippen molar-refractivity contribution in [3.8, 4) is 41.8 Å². The number of nitrogens with zero attached hydrogens (tertiary/aromatic N) is 15. The van der Waals surface area contributed by atoms with Crippen molar-refractivity contribution >= 4 is 79.3 Å². The zero-order chi connectivity index (χ0) is 109. The van der Waals surface area contributed by atoms with E-state index in [2.05, 4.69) is 162 Å². The maximum atomic E-state index is 13.8. The number of likely N-dealkylation sites (N-methyl/N-ethyl adjacent to an activating group) is 1. The molecule has 2 amide bonds. The Labute approximate surface area is 882 Å². The summed E-state index contributed by atoms with van der Waals surface area (Å²) >= 11 is 0. The highest BCUT2D eigenvalue weighted by atomic mass is 32.2. The average Bonchev–Trinajstić information content (AvgIpc) is 0.788.